The van der Waals surface area contributed by atoms with Crippen molar-refractivity contribution in [3.8, 4) is 0 Å². The summed E-state index contributed by atoms with van der Waals surface area (Å²) in [5, 5.41) is -0.0961. The molecule has 0 unspecified atom stereocenters. The topological polar surface area (TPSA) is 26.3 Å². The Kier molecular flexibility index (Phi) is 6.91. The van der Waals surface area contributed by atoms with Gasteiger partial charge in [-0.15, -0.1) is 0 Å². The maximum Gasteiger partial charge on any atom is 0.224 e. The van der Waals surface area contributed by atoms with E-state index in [1.165, 1.54) is 11.1 Å². The molecule has 0 heterocycles. The molecule has 3 rings (SSSR count). The van der Waals surface area contributed by atoms with Crippen molar-refractivity contribution in [3.05, 3.63) is 71.8 Å². The molecule has 0 aromatic heterocycles. The molecule has 0 N–H and O–H groups in total. The molecule has 2 nitrogen and oxygen atoms in total. The smallest absolute Gasteiger partial charge is 0.224 e. The number of carbonyl (C=O) groups is 1. The third-order valence-electron chi connectivity index (χ3n) is 5.73. The Labute approximate surface area is 170 Å². The zero-order chi connectivity index (χ0) is 19.3. The molecule has 0 amide bonds. The van der Waals surface area contributed by atoms with Crippen LogP contribution in [0, 0.1) is 5.92 Å². The van der Waals surface area contributed by atoms with Gasteiger partial charge < -0.3 is 4.43 Å². The first-order valence-corrected chi connectivity index (χ1v) is 11.5. The van der Waals surface area contributed by atoms with Gasteiger partial charge in [-0.3, -0.25) is 4.79 Å². The molecule has 0 aliphatic heterocycles. The molecule has 27 heavy (non-hydrogen) atoms. The van der Waals surface area contributed by atoms with Crippen molar-refractivity contribution in [3.63, 3.8) is 0 Å². The summed E-state index contributed by atoms with van der Waals surface area (Å²) in [7, 11) is -0.795. The third-order valence-corrected chi connectivity index (χ3v) is 7.83. The van der Waals surface area contributed by atoms with E-state index in [1.807, 2.05) is 0 Å². The second-order valence-corrected chi connectivity index (χ2v) is 11.1. The van der Waals surface area contributed by atoms with Crippen LogP contribution in [-0.2, 0) is 9.22 Å². The summed E-state index contributed by atoms with van der Waals surface area (Å²) in [5.41, 5.74) is 2.70. The van der Waals surface area contributed by atoms with E-state index in [2.05, 4.69) is 74.5 Å². The highest BCUT2D eigenvalue weighted by Crippen LogP contribution is 2.46. The number of carbonyl (C=O) groups excluding carboxylic acids is 1. The van der Waals surface area contributed by atoms with Crippen molar-refractivity contribution in [2.24, 2.45) is 5.92 Å². The fourth-order valence-corrected chi connectivity index (χ4v) is 6.11. The molecule has 0 spiro atoms. The molecule has 0 saturated heterocycles. The van der Waals surface area contributed by atoms with Gasteiger partial charge >= 0.3 is 0 Å². The first kappa shape index (κ1) is 20.3. The summed E-state index contributed by atoms with van der Waals surface area (Å²) in [6.07, 6.45) is 3.92. The Bertz CT molecular complexity index is 685. The molecule has 4 heteroatoms. The average Bonchev–Trinajstić information content (AvgIpc) is 2.68. The average molecular weight is 401 g/mol. The molecule has 1 fully saturated rings. The standard InChI is InChI=1S/C23H29ClO2Si/c1-23(2,27-26-20-15-13-19(14-16-20)22(24)25)21(17-9-5-3-6-10-17)18-11-7-4-8-12-18/h3-12,19-21H,13-16,27H2,1-2H3/t19-,20-. The zero-order valence-corrected chi connectivity index (χ0v) is 18.4. The summed E-state index contributed by atoms with van der Waals surface area (Å²) >= 11 is 5.66. The first-order valence-electron chi connectivity index (χ1n) is 9.88. The minimum atomic E-state index is -0.795. The summed E-state index contributed by atoms with van der Waals surface area (Å²) in [5.74, 6) is 0.356. The quantitative estimate of drug-likeness (QED) is 0.456. The lowest BCUT2D eigenvalue weighted by molar-refractivity contribution is -0.116. The monoisotopic (exact) mass is 400 g/mol. The largest absolute Gasteiger partial charge is 0.421 e. The van der Waals surface area contributed by atoms with Gasteiger partial charge in [0.2, 0.25) is 5.24 Å². The van der Waals surface area contributed by atoms with Crippen molar-refractivity contribution >= 4 is 26.6 Å². The molecular formula is C23H29ClO2Si. The van der Waals surface area contributed by atoms with Gasteiger partial charge in [-0.1, -0.05) is 74.5 Å². The van der Waals surface area contributed by atoms with E-state index in [9.17, 15) is 4.79 Å². The fourth-order valence-electron chi connectivity index (χ4n) is 4.26. The summed E-state index contributed by atoms with van der Waals surface area (Å²) in [6, 6.07) is 21.5. The maximum absolute atomic E-state index is 11.4. The summed E-state index contributed by atoms with van der Waals surface area (Å²) < 4.78 is 6.48. The Morgan fingerprint density at radius 3 is 1.89 bits per heavy atom. The molecule has 0 radical (unpaired) electrons. The summed E-state index contributed by atoms with van der Waals surface area (Å²) in [6.45, 7) is 4.69. The van der Waals surface area contributed by atoms with Gasteiger partial charge in [-0.25, -0.2) is 0 Å². The van der Waals surface area contributed by atoms with Crippen molar-refractivity contribution in [2.75, 3.05) is 0 Å². The van der Waals surface area contributed by atoms with Crippen molar-refractivity contribution in [1.82, 2.24) is 0 Å². The number of halogens is 1. The van der Waals surface area contributed by atoms with Crippen LogP contribution in [0.3, 0.4) is 0 Å². The van der Waals surface area contributed by atoms with Crippen LogP contribution in [0.1, 0.15) is 56.6 Å². The van der Waals surface area contributed by atoms with Gasteiger partial charge in [0.25, 0.3) is 0 Å². The van der Waals surface area contributed by atoms with Gasteiger partial charge in [-0.2, -0.15) is 0 Å². The Morgan fingerprint density at radius 2 is 1.44 bits per heavy atom. The lowest BCUT2D eigenvalue weighted by Gasteiger charge is -2.37. The first-order chi connectivity index (χ1) is 13.0. The normalized spacial score (nSPS) is 21.0. The van der Waals surface area contributed by atoms with E-state index in [1.54, 1.807) is 0 Å². The van der Waals surface area contributed by atoms with Crippen molar-refractivity contribution < 1.29 is 9.22 Å². The minimum absolute atomic E-state index is 0.0302. The maximum atomic E-state index is 11.4. The number of rotatable bonds is 7. The highest BCUT2D eigenvalue weighted by Gasteiger charge is 2.34. The molecule has 1 aliphatic rings. The molecule has 2 aromatic rings. The van der Waals surface area contributed by atoms with E-state index in [4.69, 9.17) is 16.0 Å². The van der Waals surface area contributed by atoms with Crippen molar-refractivity contribution in [1.29, 1.82) is 0 Å². The number of hydrogen-bond acceptors (Lipinski definition) is 2. The molecule has 0 bridgehead atoms. The minimum Gasteiger partial charge on any atom is -0.421 e. The zero-order valence-electron chi connectivity index (χ0n) is 16.2. The lowest BCUT2D eigenvalue weighted by atomic mass is 9.82. The van der Waals surface area contributed by atoms with Crippen LogP contribution in [0.4, 0.5) is 0 Å². The Morgan fingerprint density at radius 1 is 0.963 bits per heavy atom. The van der Waals surface area contributed by atoms with Gasteiger partial charge in [0.05, 0.1) is 0 Å². The van der Waals surface area contributed by atoms with Crippen LogP contribution >= 0.6 is 11.6 Å². The van der Waals surface area contributed by atoms with Gasteiger partial charge in [0, 0.05) is 17.9 Å². The lowest BCUT2D eigenvalue weighted by Crippen LogP contribution is -2.31. The van der Waals surface area contributed by atoms with Crippen LogP contribution in [0.5, 0.6) is 0 Å². The molecule has 0 atom stereocenters. The molecule has 1 aliphatic carbocycles. The van der Waals surface area contributed by atoms with E-state index < -0.39 is 9.76 Å². The third kappa shape index (κ3) is 5.31. The highest BCUT2D eigenvalue weighted by atomic mass is 35.5. The molecule has 144 valence electrons. The van der Waals surface area contributed by atoms with Gasteiger partial charge in [0.1, 0.15) is 0 Å². The van der Waals surface area contributed by atoms with Crippen LogP contribution in [0.2, 0.25) is 5.04 Å². The van der Waals surface area contributed by atoms with Crippen LogP contribution in [-0.4, -0.2) is 21.1 Å². The van der Waals surface area contributed by atoms with Crippen LogP contribution in [0.15, 0.2) is 60.7 Å². The number of hydrogen-bond donors (Lipinski definition) is 0. The second kappa shape index (κ2) is 9.18. The molecule has 1 saturated carbocycles. The van der Waals surface area contributed by atoms with E-state index in [-0.39, 0.29) is 22.3 Å². The second-order valence-electron chi connectivity index (χ2n) is 8.33. The van der Waals surface area contributed by atoms with Crippen molar-refractivity contribution in [2.45, 2.75) is 56.6 Å². The number of benzene rings is 2. The van der Waals surface area contributed by atoms with E-state index >= 15 is 0 Å². The Balaban J connectivity index is 1.71. The summed E-state index contributed by atoms with van der Waals surface area (Å²) in [4.78, 5) is 11.4. The Hall–Kier alpha value is -1.42. The van der Waals surface area contributed by atoms with Gasteiger partial charge in [-0.05, 0) is 53.4 Å². The SMILES string of the molecule is CC(C)([SiH2]O[C@H]1CC[C@H](C(=O)Cl)CC1)C(c1ccccc1)c1ccccc1. The van der Waals surface area contributed by atoms with Crippen LogP contribution in [0.25, 0.3) is 0 Å². The predicted octanol–water partition coefficient (Wildman–Crippen LogP) is 5.44. The molecule has 2 aromatic carbocycles. The van der Waals surface area contributed by atoms with E-state index in [0.29, 0.717) is 5.92 Å². The molecular weight excluding hydrogens is 372 g/mol. The van der Waals surface area contributed by atoms with Gasteiger partial charge in [0.15, 0.2) is 9.76 Å². The highest BCUT2D eigenvalue weighted by molar-refractivity contribution is 6.63. The van der Waals surface area contributed by atoms with E-state index in [0.717, 1.165) is 25.7 Å². The predicted molar refractivity (Wildman–Crippen MR) is 115 cm³/mol. The van der Waals surface area contributed by atoms with Crippen LogP contribution < -0.4 is 0 Å². The fraction of sp³-hybridized carbons (Fsp3) is 0.435.